The Morgan fingerprint density at radius 1 is 1.07 bits per heavy atom. The molecule has 0 radical (unpaired) electrons. The number of aliphatic hydroxyl groups excluding tert-OH is 2. The molecule has 45 heavy (non-hydrogen) atoms. The van der Waals surface area contributed by atoms with Crippen molar-refractivity contribution in [1.82, 2.24) is 0 Å². The molecule has 238 valence electrons. The Bertz CT molecular complexity index is 1590. The number of thioether (sulfide) groups is 1. The molecule has 0 bridgehead atoms. The zero-order valence-corrected chi connectivity index (χ0v) is 25.8. The molecule has 0 aromatic heterocycles. The van der Waals surface area contributed by atoms with E-state index < -0.39 is 76.8 Å². The van der Waals surface area contributed by atoms with E-state index in [-0.39, 0.29) is 30.6 Å². The zero-order chi connectivity index (χ0) is 31.9. The molecule has 10 heteroatoms. The van der Waals surface area contributed by atoms with Crippen LogP contribution in [0, 0.1) is 22.7 Å². The fraction of sp³-hybridized carbons (Fsp3) is 0.486. The van der Waals surface area contributed by atoms with E-state index in [1.165, 1.54) is 19.1 Å². The summed E-state index contributed by atoms with van der Waals surface area (Å²) in [5.74, 6) is -1.73. The van der Waals surface area contributed by atoms with Crippen LogP contribution in [0.2, 0.25) is 0 Å². The van der Waals surface area contributed by atoms with Gasteiger partial charge in [-0.1, -0.05) is 37.3 Å². The number of Topliss-reactive ketones (excluding diaryl/α,β-unsaturated/α-hetero) is 1. The first kappa shape index (κ1) is 30.7. The Balaban J connectivity index is 1.17. The average molecular weight is 639 g/mol. The lowest BCUT2D eigenvalue weighted by Crippen LogP contribution is -2.70. The highest BCUT2D eigenvalue weighted by molar-refractivity contribution is 7.98. The summed E-state index contributed by atoms with van der Waals surface area (Å²) in [6.07, 6.45) is -1.44. The van der Waals surface area contributed by atoms with Gasteiger partial charge in [0, 0.05) is 33.0 Å². The number of ketones is 2. The molecule has 2 aromatic rings. The first-order chi connectivity index (χ1) is 21.4. The standard InChI is InChI=1S/C35H36F2O7S/c1-32-12-11-22(40)13-26(32)27(36)14-25-24-15-30-35(29(42)17-38,33(24,2)16-28(41)34(25,32)37)44-31(43-30)20-5-3-19(4-6-20)18-45-23-9-7-21(39)8-10-23/h3-13,24-25,27-28,30-31,38-39,41H,14-18H2,1-2H3/t24-,25-,27-,28-,30+,31+,32-,33-,34-,35+/m0/s1. The number of allylic oxidation sites excluding steroid dienone is 4. The molecular formula is C35H36F2O7S. The number of rotatable bonds is 6. The Hall–Kier alpha value is -2.89. The molecule has 0 amide bonds. The number of ether oxygens (including phenoxy) is 2. The molecule has 10 atom stereocenters. The number of carbonyl (C=O) groups is 2. The number of benzene rings is 2. The number of carbonyl (C=O) groups excluding carboxylic acids is 2. The molecule has 1 aliphatic heterocycles. The monoisotopic (exact) mass is 638 g/mol. The van der Waals surface area contributed by atoms with Gasteiger partial charge in [-0.05, 0) is 79.7 Å². The van der Waals surface area contributed by atoms with Crippen LogP contribution >= 0.6 is 11.8 Å². The van der Waals surface area contributed by atoms with Gasteiger partial charge in [-0.3, -0.25) is 9.59 Å². The van der Waals surface area contributed by atoms with E-state index >= 15 is 8.78 Å². The number of aliphatic hydroxyl groups is 2. The van der Waals surface area contributed by atoms with E-state index in [0.717, 1.165) is 16.5 Å². The second kappa shape index (κ2) is 10.6. The number of phenols is 1. The van der Waals surface area contributed by atoms with Crippen LogP contribution < -0.4 is 0 Å². The number of aromatic hydroxyl groups is 1. The summed E-state index contributed by atoms with van der Waals surface area (Å²) in [6, 6.07) is 14.6. The van der Waals surface area contributed by atoms with Crippen molar-refractivity contribution in [2.45, 2.75) is 79.7 Å². The highest BCUT2D eigenvalue weighted by atomic mass is 32.2. The van der Waals surface area contributed by atoms with Gasteiger partial charge in [0.25, 0.3) is 0 Å². The summed E-state index contributed by atoms with van der Waals surface area (Å²) in [4.78, 5) is 26.8. The molecule has 4 fully saturated rings. The van der Waals surface area contributed by atoms with Crippen LogP contribution in [0.25, 0.3) is 0 Å². The van der Waals surface area contributed by atoms with Gasteiger partial charge >= 0.3 is 0 Å². The molecule has 3 N–H and O–H groups in total. The normalized spacial score (nSPS) is 41.6. The van der Waals surface area contributed by atoms with Crippen LogP contribution in [0.4, 0.5) is 8.78 Å². The smallest absolute Gasteiger partial charge is 0.193 e. The molecule has 7 rings (SSSR count). The van der Waals surface area contributed by atoms with E-state index in [1.807, 2.05) is 36.4 Å². The van der Waals surface area contributed by atoms with Gasteiger partial charge in [0.2, 0.25) is 0 Å². The van der Waals surface area contributed by atoms with Gasteiger partial charge in [0.05, 0.1) is 12.2 Å². The Morgan fingerprint density at radius 2 is 1.78 bits per heavy atom. The minimum atomic E-state index is -2.29. The van der Waals surface area contributed by atoms with Crippen LogP contribution in [0.1, 0.15) is 50.5 Å². The predicted octanol–water partition coefficient (Wildman–Crippen LogP) is 5.33. The van der Waals surface area contributed by atoms with Crippen molar-refractivity contribution in [3.05, 3.63) is 83.5 Å². The summed E-state index contributed by atoms with van der Waals surface area (Å²) in [7, 11) is 0. The van der Waals surface area contributed by atoms with Crippen molar-refractivity contribution < 1.29 is 43.2 Å². The van der Waals surface area contributed by atoms with Crippen molar-refractivity contribution in [1.29, 1.82) is 0 Å². The predicted molar refractivity (Wildman–Crippen MR) is 162 cm³/mol. The quantitative estimate of drug-likeness (QED) is 0.364. The van der Waals surface area contributed by atoms with Crippen LogP contribution in [0.5, 0.6) is 5.75 Å². The minimum absolute atomic E-state index is 0.0354. The van der Waals surface area contributed by atoms with E-state index in [1.54, 1.807) is 30.8 Å². The third-order valence-corrected chi connectivity index (χ3v) is 12.5. The van der Waals surface area contributed by atoms with Gasteiger partial charge in [0.15, 0.2) is 29.1 Å². The summed E-state index contributed by atoms with van der Waals surface area (Å²) in [5.41, 5.74) is -4.93. The molecule has 0 unspecified atom stereocenters. The average Bonchev–Trinajstić information content (AvgIpc) is 3.52. The number of phenolic OH excluding ortho intramolecular Hbond substituents is 1. The molecule has 7 nitrogen and oxygen atoms in total. The Kier molecular flexibility index (Phi) is 7.22. The highest BCUT2D eigenvalue weighted by Gasteiger charge is 2.80. The fourth-order valence-electron chi connectivity index (χ4n) is 9.19. The van der Waals surface area contributed by atoms with Gasteiger partial charge in [-0.15, -0.1) is 11.8 Å². The maximum absolute atomic E-state index is 17.5. The van der Waals surface area contributed by atoms with Crippen molar-refractivity contribution >= 4 is 23.3 Å². The van der Waals surface area contributed by atoms with Crippen molar-refractivity contribution in [2.24, 2.45) is 22.7 Å². The minimum Gasteiger partial charge on any atom is -0.508 e. The molecule has 3 saturated carbocycles. The molecule has 1 saturated heterocycles. The summed E-state index contributed by atoms with van der Waals surface area (Å²) < 4.78 is 46.3. The Morgan fingerprint density at radius 3 is 2.47 bits per heavy atom. The van der Waals surface area contributed by atoms with Gasteiger partial charge in [-0.2, -0.15) is 0 Å². The third kappa shape index (κ3) is 4.22. The number of hydrogen-bond acceptors (Lipinski definition) is 8. The number of fused-ring (bicyclic) bond motifs is 7. The summed E-state index contributed by atoms with van der Waals surface area (Å²) in [6.45, 7) is 2.47. The molecule has 1 heterocycles. The van der Waals surface area contributed by atoms with Crippen LogP contribution in [0.3, 0.4) is 0 Å². The lowest BCUT2D eigenvalue weighted by atomic mass is 9.44. The van der Waals surface area contributed by atoms with Gasteiger partial charge in [0.1, 0.15) is 18.5 Å². The largest absolute Gasteiger partial charge is 0.508 e. The number of hydrogen-bond donors (Lipinski definition) is 3. The first-order valence-electron chi connectivity index (χ1n) is 15.3. The topological polar surface area (TPSA) is 113 Å². The van der Waals surface area contributed by atoms with Crippen molar-refractivity contribution in [3.8, 4) is 5.75 Å². The summed E-state index contributed by atoms with van der Waals surface area (Å²) >= 11 is 1.62. The maximum atomic E-state index is 17.5. The zero-order valence-electron chi connectivity index (χ0n) is 25.0. The molecule has 4 aliphatic carbocycles. The highest BCUT2D eigenvalue weighted by Crippen LogP contribution is 2.72. The second-order valence-corrected chi connectivity index (χ2v) is 14.6. The van der Waals surface area contributed by atoms with E-state index in [2.05, 4.69) is 0 Å². The molecule has 0 spiro atoms. The van der Waals surface area contributed by atoms with E-state index in [9.17, 15) is 24.9 Å². The lowest BCUT2D eigenvalue weighted by Gasteiger charge is -2.63. The van der Waals surface area contributed by atoms with Gasteiger partial charge < -0.3 is 24.8 Å². The van der Waals surface area contributed by atoms with Crippen molar-refractivity contribution in [3.63, 3.8) is 0 Å². The number of halogens is 2. The molecular weight excluding hydrogens is 602 g/mol. The lowest BCUT2D eigenvalue weighted by molar-refractivity contribution is -0.235. The van der Waals surface area contributed by atoms with Crippen LogP contribution in [0.15, 0.2) is 77.2 Å². The SMILES string of the molecule is C[C@]12C=CC(=O)C=C1[C@@H](F)C[C@H]1[C@@H]3C[C@H]4O[C@@H](c5ccc(CSc6ccc(O)cc6)cc5)O[C@@]4(C(=O)CO)[C@@]3(C)C[C@H](O)[C@@]12F. The summed E-state index contributed by atoms with van der Waals surface area (Å²) in [5, 5.41) is 31.3. The maximum Gasteiger partial charge on any atom is 0.193 e. The Labute approximate surface area is 264 Å². The van der Waals surface area contributed by atoms with E-state index in [0.29, 0.717) is 11.3 Å². The second-order valence-electron chi connectivity index (χ2n) is 13.5. The number of alkyl halides is 2. The van der Waals surface area contributed by atoms with Gasteiger partial charge in [-0.25, -0.2) is 8.78 Å². The third-order valence-electron chi connectivity index (χ3n) is 11.4. The molecule has 5 aliphatic rings. The van der Waals surface area contributed by atoms with Crippen molar-refractivity contribution in [2.75, 3.05) is 6.61 Å². The van der Waals surface area contributed by atoms with E-state index in [4.69, 9.17) is 9.47 Å². The van der Waals surface area contributed by atoms with Crippen LogP contribution in [-0.4, -0.2) is 63.1 Å². The molecule has 2 aromatic carbocycles. The van der Waals surface area contributed by atoms with Crippen LogP contribution in [-0.2, 0) is 24.8 Å². The fourth-order valence-corrected chi connectivity index (χ4v) is 10.0. The first-order valence-corrected chi connectivity index (χ1v) is 16.3.